The van der Waals surface area contributed by atoms with Crippen molar-refractivity contribution in [2.75, 3.05) is 5.32 Å². The van der Waals surface area contributed by atoms with Crippen LogP contribution >= 0.6 is 11.5 Å². The molecule has 1 N–H and O–H groups in total. The van der Waals surface area contributed by atoms with Crippen molar-refractivity contribution in [3.8, 4) is 0 Å². The predicted octanol–water partition coefficient (Wildman–Crippen LogP) is 3.57. The SMILES string of the molecule is Cc1nsc(Nc2cnn(CC(C)C)c2C(C)C)n1. The largest absolute Gasteiger partial charge is 0.327 e. The molecule has 19 heavy (non-hydrogen) atoms. The third-order valence-electron chi connectivity index (χ3n) is 2.73. The quantitative estimate of drug-likeness (QED) is 0.909. The van der Waals surface area contributed by atoms with Crippen LogP contribution < -0.4 is 5.32 Å². The van der Waals surface area contributed by atoms with E-state index in [1.165, 1.54) is 17.2 Å². The monoisotopic (exact) mass is 279 g/mol. The minimum absolute atomic E-state index is 0.415. The molecule has 0 bridgehead atoms. The summed E-state index contributed by atoms with van der Waals surface area (Å²) in [6.45, 7) is 11.6. The van der Waals surface area contributed by atoms with Crippen LogP contribution in [0.25, 0.3) is 0 Å². The fraction of sp³-hybridized carbons (Fsp3) is 0.615. The van der Waals surface area contributed by atoms with Gasteiger partial charge in [0.1, 0.15) is 5.82 Å². The van der Waals surface area contributed by atoms with Crippen LogP contribution in [-0.4, -0.2) is 19.1 Å². The topological polar surface area (TPSA) is 55.6 Å². The second-order valence-corrected chi connectivity index (χ2v) is 6.20. The van der Waals surface area contributed by atoms with Gasteiger partial charge in [-0.1, -0.05) is 27.7 Å². The summed E-state index contributed by atoms with van der Waals surface area (Å²) < 4.78 is 6.27. The Balaban J connectivity index is 2.27. The van der Waals surface area contributed by atoms with Crippen molar-refractivity contribution in [2.24, 2.45) is 5.92 Å². The molecule has 104 valence electrons. The van der Waals surface area contributed by atoms with Gasteiger partial charge in [0, 0.05) is 18.1 Å². The molecule has 0 aromatic carbocycles. The number of nitrogens with one attached hydrogen (secondary N) is 1. The Hall–Kier alpha value is -1.43. The summed E-state index contributed by atoms with van der Waals surface area (Å²) in [6.07, 6.45) is 1.88. The van der Waals surface area contributed by atoms with E-state index in [1.54, 1.807) is 0 Å². The van der Waals surface area contributed by atoms with Crippen LogP contribution in [0.3, 0.4) is 0 Å². The van der Waals surface area contributed by atoms with Crippen LogP contribution in [0.1, 0.15) is 45.1 Å². The van der Waals surface area contributed by atoms with Gasteiger partial charge in [-0.2, -0.15) is 9.47 Å². The standard InChI is InChI=1S/C13H21N5S/c1-8(2)7-18-12(9(3)4)11(6-14-18)16-13-15-10(5)17-19-13/h6,8-9H,7H2,1-5H3,(H,15,16,17). The highest BCUT2D eigenvalue weighted by Gasteiger charge is 2.16. The highest BCUT2D eigenvalue weighted by molar-refractivity contribution is 7.09. The number of nitrogens with zero attached hydrogens (tertiary/aromatic N) is 4. The third-order valence-corrected chi connectivity index (χ3v) is 3.46. The molecular formula is C13H21N5S. The van der Waals surface area contributed by atoms with Crippen LogP contribution in [0.2, 0.25) is 0 Å². The van der Waals surface area contributed by atoms with E-state index in [0.717, 1.165) is 23.2 Å². The van der Waals surface area contributed by atoms with Crippen LogP contribution in [-0.2, 0) is 6.54 Å². The summed E-state index contributed by atoms with van der Waals surface area (Å²) >= 11 is 1.38. The molecule has 2 aromatic rings. The zero-order chi connectivity index (χ0) is 14.0. The average Bonchev–Trinajstić information content (AvgIpc) is 2.85. The van der Waals surface area contributed by atoms with Crippen molar-refractivity contribution in [3.63, 3.8) is 0 Å². The van der Waals surface area contributed by atoms with E-state index in [-0.39, 0.29) is 0 Å². The number of rotatable bonds is 5. The maximum absolute atomic E-state index is 4.49. The molecule has 0 atom stereocenters. The average molecular weight is 279 g/mol. The summed E-state index contributed by atoms with van der Waals surface area (Å²) in [5, 5.41) is 8.64. The van der Waals surface area contributed by atoms with Crippen molar-refractivity contribution < 1.29 is 0 Å². The van der Waals surface area contributed by atoms with Crippen LogP contribution in [0.5, 0.6) is 0 Å². The van der Waals surface area contributed by atoms with E-state index in [0.29, 0.717) is 11.8 Å². The molecule has 0 radical (unpaired) electrons. The Bertz CT molecular complexity index is 541. The lowest BCUT2D eigenvalue weighted by molar-refractivity contribution is 0.462. The van der Waals surface area contributed by atoms with Gasteiger partial charge in [-0.15, -0.1) is 0 Å². The molecule has 0 spiro atoms. The summed E-state index contributed by atoms with van der Waals surface area (Å²) in [5.74, 6) is 1.79. The molecule has 0 fully saturated rings. The first kappa shape index (κ1) is 14.0. The van der Waals surface area contributed by atoms with Crippen LogP contribution in [0, 0.1) is 12.8 Å². The normalized spacial score (nSPS) is 11.5. The molecular weight excluding hydrogens is 258 g/mol. The Morgan fingerprint density at radius 1 is 1.32 bits per heavy atom. The number of hydrogen-bond donors (Lipinski definition) is 1. The first-order valence-corrected chi connectivity index (χ1v) is 7.37. The number of aromatic nitrogens is 4. The zero-order valence-electron chi connectivity index (χ0n) is 12.1. The Labute approximate surface area is 118 Å². The van der Waals surface area contributed by atoms with Gasteiger partial charge in [0.05, 0.1) is 17.6 Å². The lowest BCUT2D eigenvalue weighted by Gasteiger charge is -2.14. The van der Waals surface area contributed by atoms with Crippen LogP contribution in [0.4, 0.5) is 10.8 Å². The maximum Gasteiger partial charge on any atom is 0.207 e. The molecule has 2 heterocycles. The Morgan fingerprint density at radius 2 is 2.05 bits per heavy atom. The van der Waals surface area contributed by atoms with Gasteiger partial charge in [-0.05, 0) is 18.8 Å². The molecule has 6 heteroatoms. The minimum Gasteiger partial charge on any atom is -0.327 e. The summed E-state index contributed by atoms with van der Waals surface area (Å²) in [5.41, 5.74) is 2.26. The first-order valence-electron chi connectivity index (χ1n) is 6.60. The lowest BCUT2D eigenvalue weighted by atomic mass is 10.1. The van der Waals surface area contributed by atoms with Gasteiger partial charge in [-0.25, -0.2) is 4.98 Å². The van der Waals surface area contributed by atoms with Gasteiger partial charge in [0.2, 0.25) is 5.13 Å². The molecule has 2 aromatic heterocycles. The van der Waals surface area contributed by atoms with E-state index < -0.39 is 0 Å². The van der Waals surface area contributed by atoms with Crippen molar-refractivity contribution >= 4 is 22.4 Å². The van der Waals surface area contributed by atoms with E-state index in [2.05, 4.69) is 52.1 Å². The van der Waals surface area contributed by atoms with Crippen molar-refractivity contribution in [2.45, 2.75) is 47.1 Å². The second-order valence-electron chi connectivity index (χ2n) is 5.45. The molecule has 0 aliphatic rings. The van der Waals surface area contributed by atoms with E-state index in [4.69, 9.17) is 0 Å². The highest BCUT2D eigenvalue weighted by Crippen LogP contribution is 2.28. The van der Waals surface area contributed by atoms with E-state index in [9.17, 15) is 0 Å². The zero-order valence-corrected chi connectivity index (χ0v) is 13.0. The smallest absolute Gasteiger partial charge is 0.207 e. The molecule has 0 amide bonds. The Morgan fingerprint density at radius 3 is 2.58 bits per heavy atom. The molecule has 0 saturated carbocycles. The first-order chi connectivity index (χ1) is 8.97. The summed E-state index contributed by atoms with van der Waals surface area (Å²) in [4.78, 5) is 4.34. The van der Waals surface area contributed by atoms with E-state index >= 15 is 0 Å². The summed E-state index contributed by atoms with van der Waals surface area (Å²) in [6, 6.07) is 0. The molecule has 0 unspecified atom stereocenters. The number of aryl methyl sites for hydroxylation is 1. The van der Waals surface area contributed by atoms with Crippen molar-refractivity contribution in [3.05, 3.63) is 17.7 Å². The number of hydrogen-bond acceptors (Lipinski definition) is 5. The molecule has 0 aliphatic heterocycles. The summed E-state index contributed by atoms with van der Waals surface area (Å²) in [7, 11) is 0. The maximum atomic E-state index is 4.49. The second kappa shape index (κ2) is 5.69. The highest BCUT2D eigenvalue weighted by atomic mass is 32.1. The van der Waals surface area contributed by atoms with Crippen molar-refractivity contribution in [1.82, 2.24) is 19.1 Å². The minimum atomic E-state index is 0.415. The predicted molar refractivity (Wildman–Crippen MR) is 79.1 cm³/mol. The molecule has 0 aliphatic carbocycles. The molecule has 2 rings (SSSR count). The van der Waals surface area contributed by atoms with Gasteiger partial charge < -0.3 is 5.32 Å². The fourth-order valence-corrected chi connectivity index (χ4v) is 2.64. The van der Waals surface area contributed by atoms with Gasteiger partial charge in [0.15, 0.2) is 0 Å². The van der Waals surface area contributed by atoms with Crippen molar-refractivity contribution in [1.29, 1.82) is 0 Å². The Kier molecular flexibility index (Phi) is 4.19. The fourth-order valence-electron chi connectivity index (χ4n) is 2.05. The number of anilines is 2. The molecule has 0 saturated heterocycles. The van der Waals surface area contributed by atoms with Crippen LogP contribution in [0.15, 0.2) is 6.20 Å². The third kappa shape index (κ3) is 3.32. The lowest BCUT2D eigenvalue weighted by Crippen LogP contribution is -2.11. The van der Waals surface area contributed by atoms with Gasteiger partial charge in [-0.3, -0.25) is 4.68 Å². The van der Waals surface area contributed by atoms with Gasteiger partial charge in [0.25, 0.3) is 0 Å². The van der Waals surface area contributed by atoms with Gasteiger partial charge >= 0.3 is 0 Å². The van der Waals surface area contributed by atoms with E-state index in [1.807, 2.05) is 13.1 Å². The molecule has 5 nitrogen and oxygen atoms in total.